The van der Waals surface area contributed by atoms with Crippen molar-refractivity contribution in [2.24, 2.45) is 0 Å². The van der Waals surface area contributed by atoms with Crippen molar-refractivity contribution in [2.75, 3.05) is 0 Å². The highest BCUT2D eigenvalue weighted by Crippen LogP contribution is 2.28. The Morgan fingerprint density at radius 1 is 1.35 bits per heavy atom. The predicted molar refractivity (Wildman–Crippen MR) is 54.6 cm³/mol. The smallest absolute Gasteiger partial charge is 0.287 e. The molecule has 7 heteroatoms. The minimum Gasteiger partial charge on any atom is -0.287 e. The number of alkyl halides is 3. The molecule has 0 aromatic carbocycles. The maximum absolute atomic E-state index is 12.5. The SMILES string of the molecule is C[C@H](n1cnc2ncccc2c1=O)C(F)(F)F. The molecule has 0 N–H and O–H groups in total. The number of hydrogen-bond donors (Lipinski definition) is 0. The van der Waals surface area contributed by atoms with E-state index in [2.05, 4.69) is 9.97 Å². The first-order valence-corrected chi connectivity index (χ1v) is 4.80. The van der Waals surface area contributed by atoms with E-state index in [1.165, 1.54) is 18.3 Å². The molecule has 0 bridgehead atoms. The molecule has 0 spiro atoms. The summed E-state index contributed by atoms with van der Waals surface area (Å²) in [5, 5.41) is 0.0751. The minimum absolute atomic E-state index is 0.0751. The third-order valence-corrected chi connectivity index (χ3v) is 2.45. The lowest BCUT2D eigenvalue weighted by atomic mass is 10.3. The van der Waals surface area contributed by atoms with Crippen molar-refractivity contribution in [2.45, 2.75) is 19.1 Å². The lowest BCUT2D eigenvalue weighted by Gasteiger charge is -2.17. The van der Waals surface area contributed by atoms with Gasteiger partial charge in [0, 0.05) is 6.20 Å². The third kappa shape index (κ3) is 2.00. The van der Waals surface area contributed by atoms with Gasteiger partial charge in [-0.3, -0.25) is 9.36 Å². The average molecular weight is 243 g/mol. The van der Waals surface area contributed by atoms with E-state index >= 15 is 0 Å². The van der Waals surface area contributed by atoms with Crippen LogP contribution in [0.3, 0.4) is 0 Å². The second-order valence-electron chi connectivity index (χ2n) is 3.55. The summed E-state index contributed by atoms with van der Waals surface area (Å²) in [6, 6.07) is 0.970. The van der Waals surface area contributed by atoms with E-state index in [1.54, 1.807) is 0 Å². The van der Waals surface area contributed by atoms with Crippen LogP contribution < -0.4 is 5.56 Å². The molecule has 17 heavy (non-hydrogen) atoms. The van der Waals surface area contributed by atoms with E-state index in [0.29, 0.717) is 4.57 Å². The summed E-state index contributed by atoms with van der Waals surface area (Å²) >= 11 is 0. The van der Waals surface area contributed by atoms with Gasteiger partial charge in [0.2, 0.25) is 0 Å². The zero-order valence-corrected chi connectivity index (χ0v) is 8.77. The molecule has 0 aliphatic heterocycles. The minimum atomic E-state index is -4.48. The van der Waals surface area contributed by atoms with Crippen LogP contribution in [0.1, 0.15) is 13.0 Å². The Morgan fingerprint density at radius 3 is 2.71 bits per heavy atom. The topological polar surface area (TPSA) is 47.8 Å². The molecular weight excluding hydrogens is 235 g/mol. The maximum atomic E-state index is 12.5. The van der Waals surface area contributed by atoms with Crippen molar-refractivity contribution in [1.29, 1.82) is 0 Å². The Labute approximate surface area is 93.7 Å². The van der Waals surface area contributed by atoms with Gasteiger partial charge in [-0.05, 0) is 19.1 Å². The Bertz CT molecular complexity index is 606. The summed E-state index contributed by atoms with van der Waals surface area (Å²) in [6.07, 6.45) is -2.19. The van der Waals surface area contributed by atoms with Gasteiger partial charge < -0.3 is 0 Å². The summed E-state index contributed by atoms with van der Waals surface area (Å²) in [6.45, 7) is 0.908. The van der Waals surface area contributed by atoms with Crippen LogP contribution in [0, 0.1) is 0 Å². The average Bonchev–Trinajstić information content (AvgIpc) is 2.28. The van der Waals surface area contributed by atoms with E-state index in [0.717, 1.165) is 13.3 Å². The summed E-state index contributed by atoms with van der Waals surface area (Å²) in [7, 11) is 0. The van der Waals surface area contributed by atoms with Gasteiger partial charge in [-0.2, -0.15) is 13.2 Å². The standard InChI is InChI=1S/C10H8F3N3O/c1-6(10(11,12)13)16-5-15-8-7(9(16)17)3-2-4-14-8/h2-6H,1H3/t6-/m0/s1. The molecule has 2 rings (SSSR count). The van der Waals surface area contributed by atoms with Crippen molar-refractivity contribution < 1.29 is 13.2 Å². The fourth-order valence-corrected chi connectivity index (χ4v) is 1.41. The Hall–Kier alpha value is -1.92. The molecule has 2 heterocycles. The molecule has 1 atom stereocenters. The number of nitrogens with zero attached hydrogens (tertiary/aromatic N) is 3. The van der Waals surface area contributed by atoms with Crippen LogP contribution in [0.15, 0.2) is 29.5 Å². The van der Waals surface area contributed by atoms with Gasteiger partial charge >= 0.3 is 6.18 Å². The van der Waals surface area contributed by atoms with Gasteiger partial charge in [0.15, 0.2) is 5.65 Å². The Morgan fingerprint density at radius 2 is 2.06 bits per heavy atom. The molecule has 0 saturated heterocycles. The molecule has 0 aliphatic rings. The van der Waals surface area contributed by atoms with Gasteiger partial charge in [-0.25, -0.2) is 9.97 Å². The van der Waals surface area contributed by atoms with Crippen molar-refractivity contribution in [1.82, 2.24) is 14.5 Å². The van der Waals surface area contributed by atoms with Crippen molar-refractivity contribution in [3.63, 3.8) is 0 Å². The second kappa shape index (κ2) is 3.83. The Balaban J connectivity index is 2.65. The van der Waals surface area contributed by atoms with Gasteiger partial charge in [0.05, 0.1) is 5.39 Å². The van der Waals surface area contributed by atoms with Crippen LogP contribution in [0.5, 0.6) is 0 Å². The van der Waals surface area contributed by atoms with Crippen LogP contribution in [-0.2, 0) is 0 Å². The molecule has 0 aliphatic carbocycles. The summed E-state index contributed by atoms with van der Waals surface area (Å²) < 4.78 is 38.1. The van der Waals surface area contributed by atoms with Crippen LogP contribution in [0.4, 0.5) is 13.2 Å². The summed E-state index contributed by atoms with van der Waals surface area (Å²) in [5.74, 6) is 0. The molecular formula is C10H8F3N3O. The summed E-state index contributed by atoms with van der Waals surface area (Å²) in [5.41, 5.74) is -0.601. The normalized spacial score (nSPS) is 13.9. The van der Waals surface area contributed by atoms with E-state index < -0.39 is 17.8 Å². The van der Waals surface area contributed by atoms with Crippen LogP contribution in [-0.4, -0.2) is 20.7 Å². The first kappa shape index (κ1) is 11.6. The molecule has 0 radical (unpaired) electrons. The highest BCUT2D eigenvalue weighted by molar-refractivity contribution is 5.72. The first-order chi connectivity index (χ1) is 7.91. The zero-order chi connectivity index (χ0) is 12.6. The van der Waals surface area contributed by atoms with E-state index in [1.807, 2.05) is 0 Å². The fraction of sp³-hybridized carbons (Fsp3) is 0.300. The first-order valence-electron chi connectivity index (χ1n) is 4.80. The van der Waals surface area contributed by atoms with Crippen LogP contribution in [0.25, 0.3) is 11.0 Å². The van der Waals surface area contributed by atoms with E-state index in [-0.39, 0.29) is 11.0 Å². The molecule has 90 valence electrons. The lowest BCUT2D eigenvalue weighted by molar-refractivity contribution is -0.163. The maximum Gasteiger partial charge on any atom is 0.409 e. The number of halogens is 3. The molecule has 0 fully saturated rings. The van der Waals surface area contributed by atoms with E-state index in [9.17, 15) is 18.0 Å². The summed E-state index contributed by atoms with van der Waals surface area (Å²) in [4.78, 5) is 19.3. The van der Waals surface area contributed by atoms with Gasteiger partial charge in [-0.1, -0.05) is 0 Å². The zero-order valence-electron chi connectivity index (χ0n) is 8.77. The quantitative estimate of drug-likeness (QED) is 0.768. The predicted octanol–water partition coefficient (Wildman–Crippen LogP) is 1.91. The number of rotatable bonds is 1. The van der Waals surface area contributed by atoms with Crippen molar-refractivity contribution >= 4 is 11.0 Å². The fourth-order valence-electron chi connectivity index (χ4n) is 1.41. The number of fused-ring (bicyclic) bond motifs is 1. The monoisotopic (exact) mass is 243 g/mol. The molecule has 0 saturated carbocycles. The lowest BCUT2D eigenvalue weighted by Crippen LogP contribution is -2.32. The largest absolute Gasteiger partial charge is 0.409 e. The molecule has 0 unspecified atom stereocenters. The Kier molecular flexibility index (Phi) is 2.60. The number of aromatic nitrogens is 3. The van der Waals surface area contributed by atoms with Crippen LogP contribution >= 0.6 is 0 Å². The molecule has 4 nitrogen and oxygen atoms in total. The van der Waals surface area contributed by atoms with Gasteiger partial charge in [0.25, 0.3) is 5.56 Å². The third-order valence-electron chi connectivity index (χ3n) is 2.45. The molecule has 0 amide bonds. The number of hydrogen-bond acceptors (Lipinski definition) is 3. The highest BCUT2D eigenvalue weighted by atomic mass is 19.4. The van der Waals surface area contributed by atoms with Crippen molar-refractivity contribution in [3.05, 3.63) is 35.0 Å². The van der Waals surface area contributed by atoms with Crippen molar-refractivity contribution in [3.8, 4) is 0 Å². The van der Waals surface area contributed by atoms with Gasteiger partial charge in [-0.15, -0.1) is 0 Å². The molecule has 2 aromatic heterocycles. The van der Waals surface area contributed by atoms with Gasteiger partial charge in [0.1, 0.15) is 12.4 Å². The molecule has 2 aromatic rings. The second-order valence-corrected chi connectivity index (χ2v) is 3.55. The van der Waals surface area contributed by atoms with Crippen LogP contribution in [0.2, 0.25) is 0 Å². The highest BCUT2D eigenvalue weighted by Gasteiger charge is 2.38. The number of pyridine rings is 1. The van der Waals surface area contributed by atoms with E-state index in [4.69, 9.17) is 0 Å².